The third-order valence-electron chi connectivity index (χ3n) is 2.76. The van der Waals surface area contributed by atoms with E-state index in [0.717, 1.165) is 16.8 Å². The van der Waals surface area contributed by atoms with E-state index in [9.17, 15) is 9.59 Å². The fourth-order valence-corrected chi connectivity index (χ4v) is 2.09. The minimum atomic E-state index is -0.531. The van der Waals surface area contributed by atoms with E-state index in [1.165, 1.54) is 13.3 Å². The second-order valence-electron chi connectivity index (χ2n) is 4.16. The summed E-state index contributed by atoms with van der Waals surface area (Å²) in [5.74, 6) is -0.531. The lowest BCUT2D eigenvalue weighted by molar-refractivity contribution is -0.141. The highest BCUT2D eigenvalue weighted by Gasteiger charge is 2.11. The van der Waals surface area contributed by atoms with Gasteiger partial charge in [0.1, 0.15) is 11.0 Å². The minimum absolute atomic E-state index is 0.220. The maximum absolute atomic E-state index is 12.0. The molecular formula is C12H14BrN5O3. The Morgan fingerprint density at radius 2 is 2.33 bits per heavy atom. The van der Waals surface area contributed by atoms with Gasteiger partial charge in [0.25, 0.3) is 5.56 Å². The SMILES string of the molecule is COC(=O)Cn1ncc(NCCc2cnc[nH]2)c(Br)c1=O. The van der Waals surface area contributed by atoms with E-state index in [2.05, 4.69) is 41.1 Å². The molecule has 21 heavy (non-hydrogen) atoms. The average molecular weight is 356 g/mol. The Kier molecular flexibility index (Phi) is 5.09. The lowest BCUT2D eigenvalue weighted by Crippen LogP contribution is -2.28. The summed E-state index contributed by atoms with van der Waals surface area (Å²) < 4.78 is 5.87. The molecule has 2 aromatic rings. The highest BCUT2D eigenvalue weighted by atomic mass is 79.9. The standard InChI is InChI=1S/C12H14BrN5O3/c1-21-10(19)6-18-12(20)11(13)9(5-17-18)15-3-2-8-4-14-7-16-8/h4-5,7,15H,2-3,6H2,1H3,(H,14,16). The predicted molar refractivity (Wildman–Crippen MR) is 79.0 cm³/mol. The number of imidazole rings is 1. The number of aromatic nitrogens is 4. The number of ether oxygens (including phenoxy) is 1. The molecule has 0 fully saturated rings. The van der Waals surface area contributed by atoms with Gasteiger partial charge in [-0.1, -0.05) is 0 Å². The molecule has 112 valence electrons. The van der Waals surface area contributed by atoms with Crippen molar-refractivity contribution in [2.45, 2.75) is 13.0 Å². The molecule has 0 bridgehead atoms. The van der Waals surface area contributed by atoms with E-state index in [-0.39, 0.29) is 6.54 Å². The summed E-state index contributed by atoms with van der Waals surface area (Å²) in [5.41, 5.74) is 1.16. The normalized spacial score (nSPS) is 10.4. The molecule has 0 atom stereocenters. The lowest BCUT2D eigenvalue weighted by Gasteiger charge is -2.09. The van der Waals surface area contributed by atoms with Gasteiger partial charge >= 0.3 is 5.97 Å². The first-order chi connectivity index (χ1) is 10.1. The Balaban J connectivity index is 2.02. The second kappa shape index (κ2) is 7.02. The zero-order valence-electron chi connectivity index (χ0n) is 11.3. The number of nitrogens with zero attached hydrogens (tertiary/aromatic N) is 3. The Morgan fingerprint density at radius 3 is 3.00 bits per heavy atom. The van der Waals surface area contributed by atoms with Gasteiger partial charge in [-0.2, -0.15) is 5.10 Å². The Morgan fingerprint density at radius 1 is 1.52 bits per heavy atom. The molecule has 0 amide bonds. The first-order valence-corrected chi connectivity index (χ1v) is 6.94. The van der Waals surface area contributed by atoms with Gasteiger partial charge in [0.15, 0.2) is 0 Å². The quantitative estimate of drug-likeness (QED) is 0.734. The van der Waals surface area contributed by atoms with Crippen molar-refractivity contribution in [2.75, 3.05) is 19.0 Å². The van der Waals surface area contributed by atoms with Crippen molar-refractivity contribution < 1.29 is 9.53 Å². The van der Waals surface area contributed by atoms with Crippen LogP contribution in [-0.2, 0) is 22.5 Å². The average Bonchev–Trinajstić information content (AvgIpc) is 2.99. The molecule has 2 N–H and O–H groups in total. The number of anilines is 1. The number of rotatable bonds is 6. The highest BCUT2D eigenvalue weighted by Crippen LogP contribution is 2.15. The molecule has 2 rings (SSSR count). The Bertz CT molecular complexity index is 668. The summed E-state index contributed by atoms with van der Waals surface area (Å²) in [7, 11) is 1.26. The first kappa shape index (κ1) is 15.2. The zero-order chi connectivity index (χ0) is 15.2. The molecule has 0 spiro atoms. The van der Waals surface area contributed by atoms with Gasteiger partial charge in [-0.15, -0.1) is 0 Å². The molecule has 0 aliphatic carbocycles. The van der Waals surface area contributed by atoms with Crippen LogP contribution in [0.1, 0.15) is 5.69 Å². The number of hydrogen-bond acceptors (Lipinski definition) is 6. The first-order valence-electron chi connectivity index (χ1n) is 6.15. The van der Waals surface area contributed by atoms with E-state index >= 15 is 0 Å². The lowest BCUT2D eigenvalue weighted by atomic mass is 10.3. The topological polar surface area (TPSA) is 102 Å². The van der Waals surface area contributed by atoms with Gasteiger partial charge in [0.05, 0.1) is 25.3 Å². The van der Waals surface area contributed by atoms with Crippen LogP contribution in [0.15, 0.2) is 28.0 Å². The molecule has 8 nitrogen and oxygen atoms in total. The molecule has 0 radical (unpaired) electrons. The van der Waals surface area contributed by atoms with Gasteiger partial charge in [0.2, 0.25) is 0 Å². The Labute approximate surface area is 128 Å². The number of halogens is 1. The molecule has 0 aromatic carbocycles. The number of esters is 1. The molecule has 0 unspecified atom stereocenters. The molecule has 9 heteroatoms. The van der Waals surface area contributed by atoms with Crippen LogP contribution >= 0.6 is 15.9 Å². The predicted octanol–water partition coefficient (Wildman–Crippen LogP) is 0.556. The van der Waals surface area contributed by atoms with Crippen LogP contribution in [0.2, 0.25) is 0 Å². The number of carbonyl (C=O) groups is 1. The van der Waals surface area contributed by atoms with Gasteiger partial charge in [-0.3, -0.25) is 9.59 Å². The van der Waals surface area contributed by atoms with Crippen LogP contribution in [-0.4, -0.2) is 39.4 Å². The number of aromatic amines is 1. The third-order valence-corrected chi connectivity index (χ3v) is 3.52. The van der Waals surface area contributed by atoms with Crippen LogP contribution in [0, 0.1) is 0 Å². The van der Waals surface area contributed by atoms with Gasteiger partial charge in [0, 0.05) is 24.9 Å². The molecule has 0 aliphatic heterocycles. The van der Waals surface area contributed by atoms with E-state index in [1.807, 2.05) is 0 Å². The van der Waals surface area contributed by atoms with Gasteiger partial charge < -0.3 is 15.0 Å². The van der Waals surface area contributed by atoms with Gasteiger partial charge in [-0.25, -0.2) is 9.67 Å². The summed E-state index contributed by atoms with van der Waals surface area (Å²) in [6.07, 6.45) is 5.57. The van der Waals surface area contributed by atoms with E-state index < -0.39 is 11.5 Å². The zero-order valence-corrected chi connectivity index (χ0v) is 12.9. The van der Waals surface area contributed by atoms with Crippen LogP contribution in [0.4, 0.5) is 5.69 Å². The number of methoxy groups -OCH3 is 1. The third kappa shape index (κ3) is 3.91. The molecule has 2 heterocycles. The Hall–Kier alpha value is -2.16. The highest BCUT2D eigenvalue weighted by molar-refractivity contribution is 9.10. The molecule has 0 saturated heterocycles. The minimum Gasteiger partial charge on any atom is -0.468 e. The number of nitrogens with one attached hydrogen (secondary N) is 2. The summed E-state index contributed by atoms with van der Waals surface area (Å²) in [4.78, 5) is 30.1. The van der Waals surface area contributed by atoms with Crippen molar-refractivity contribution in [3.63, 3.8) is 0 Å². The van der Waals surface area contributed by atoms with Crippen LogP contribution in [0.3, 0.4) is 0 Å². The largest absolute Gasteiger partial charge is 0.468 e. The molecule has 0 saturated carbocycles. The van der Waals surface area contributed by atoms with E-state index in [1.54, 1.807) is 12.5 Å². The molecule has 2 aromatic heterocycles. The monoisotopic (exact) mass is 355 g/mol. The summed E-state index contributed by atoms with van der Waals surface area (Å²) in [6, 6.07) is 0. The smallest absolute Gasteiger partial charge is 0.327 e. The molecular weight excluding hydrogens is 342 g/mol. The van der Waals surface area contributed by atoms with Crippen LogP contribution in [0.25, 0.3) is 0 Å². The summed E-state index contributed by atoms with van der Waals surface area (Å²) in [5, 5.41) is 7.03. The maximum atomic E-state index is 12.0. The summed E-state index contributed by atoms with van der Waals surface area (Å²) >= 11 is 3.21. The number of hydrogen-bond donors (Lipinski definition) is 2. The number of H-pyrrole nitrogens is 1. The van der Waals surface area contributed by atoms with Crippen molar-refractivity contribution in [2.24, 2.45) is 0 Å². The van der Waals surface area contributed by atoms with Crippen LogP contribution in [0.5, 0.6) is 0 Å². The van der Waals surface area contributed by atoms with Gasteiger partial charge in [-0.05, 0) is 15.9 Å². The fourth-order valence-electron chi connectivity index (χ4n) is 1.64. The van der Waals surface area contributed by atoms with Crippen molar-refractivity contribution in [1.29, 1.82) is 0 Å². The number of carbonyl (C=O) groups excluding carboxylic acids is 1. The van der Waals surface area contributed by atoms with Crippen molar-refractivity contribution in [3.05, 3.63) is 39.2 Å². The molecule has 0 aliphatic rings. The van der Waals surface area contributed by atoms with Crippen molar-refractivity contribution in [3.8, 4) is 0 Å². The van der Waals surface area contributed by atoms with Crippen LogP contribution < -0.4 is 10.9 Å². The van der Waals surface area contributed by atoms with Crippen molar-refractivity contribution in [1.82, 2.24) is 19.7 Å². The van der Waals surface area contributed by atoms with E-state index in [0.29, 0.717) is 16.7 Å². The van der Waals surface area contributed by atoms with E-state index in [4.69, 9.17) is 0 Å². The summed E-state index contributed by atoms with van der Waals surface area (Å²) in [6.45, 7) is 0.394. The maximum Gasteiger partial charge on any atom is 0.327 e. The second-order valence-corrected chi connectivity index (χ2v) is 4.96. The fraction of sp³-hybridized carbons (Fsp3) is 0.333. The van der Waals surface area contributed by atoms with Crippen molar-refractivity contribution >= 4 is 27.6 Å².